The molecule has 1 aromatic carbocycles. The van der Waals surface area contributed by atoms with Gasteiger partial charge in [-0.25, -0.2) is 0 Å². The SMILES string of the molecule is COc1cc(OC)cc(N2CCC(NC(=O)[C@H]3CCN[C@@H](C)C3)C2)c1. The first-order chi connectivity index (χ1) is 12.1. The van der Waals surface area contributed by atoms with E-state index in [-0.39, 0.29) is 17.9 Å². The third-order valence-electron chi connectivity index (χ3n) is 5.23. The number of benzene rings is 1. The number of hydrogen-bond donors (Lipinski definition) is 2. The molecule has 2 aliphatic heterocycles. The summed E-state index contributed by atoms with van der Waals surface area (Å²) in [6.07, 6.45) is 2.82. The molecule has 3 rings (SSSR count). The molecule has 138 valence electrons. The summed E-state index contributed by atoms with van der Waals surface area (Å²) >= 11 is 0. The molecule has 0 spiro atoms. The fourth-order valence-corrected chi connectivity index (χ4v) is 3.78. The summed E-state index contributed by atoms with van der Waals surface area (Å²) in [6.45, 7) is 4.82. The average molecular weight is 347 g/mol. The van der Waals surface area contributed by atoms with E-state index in [0.717, 1.165) is 56.1 Å². The number of rotatable bonds is 5. The number of nitrogens with zero attached hydrogens (tertiary/aromatic N) is 1. The number of nitrogens with one attached hydrogen (secondary N) is 2. The zero-order valence-corrected chi connectivity index (χ0v) is 15.4. The fourth-order valence-electron chi connectivity index (χ4n) is 3.78. The van der Waals surface area contributed by atoms with E-state index in [1.807, 2.05) is 18.2 Å². The molecule has 0 radical (unpaired) electrons. The first-order valence-corrected chi connectivity index (χ1v) is 9.11. The lowest BCUT2D eigenvalue weighted by atomic mass is 9.92. The number of anilines is 1. The summed E-state index contributed by atoms with van der Waals surface area (Å²) in [7, 11) is 3.32. The van der Waals surface area contributed by atoms with E-state index >= 15 is 0 Å². The van der Waals surface area contributed by atoms with Gasteiger partial charge in [-0.1, -0.05) is 0 Å². The molecular weight excluding hydrogens is 318 g/mol. The summed E-state index contributed by atoms with van der Waals surface area (Å²) < 4.78 is 10.7. The highest BCUT2D eigenvalue weighted by Gasteiger charge is 2.29. The Morgan fingerprint density at radius 2 is 1.92 bits per heavy atom. The Bertz CT molecular complexity index is 585. The van der Waals surface area contributed by atoms with Gasteiger partial charge in [-0.3, -0.25) is 4.79 Å². The van der Waals surface area contributed by atoms with Crippen molar-refractivity contribution in [3.63, 3.8) is 0 Å². The van der Waals surface area contributed by atoms with Crippen molar-refractivity contribution in [3.05, 3.63) is 18.2 Å². The number of piperidine rings is 1. The van der Waals surface area contributed by atoms with Crippen LogP contribution in [-0.4, -0.2) is 51.8 Å². The van der Waals surface area contributed by atoms with Crippen LogP contribution in [0.25, 0.3) is 0 Å². The molecule has 2 N–H and O–H groups in total. The quantitative estimate of drug-likeness (QED) is 0.850. The molecular formula is C19H29N3O3. The maximum Gasteiger partial charge on any atom is 0.223 e. The maximum atomic E-state index is 12.5. The molecule has 25 heavy (non-hydrogen) atoms. The third kappa shape index (κ3) is 4.37. The molecule has 2 aliphatic rings. The van der Waals surface area contributed by atoms with Crippen LogP contribution in [0.1, 0.15) is 26.2 Å². The molecule has 1 amide bonds. The molecule has 6 nitrogen and oxygen atoms in total. The lowest BCUT2D eigenvalue weighted by Gasteiger charge is -2.28. The van der Waals surface area contributed by atoms with Crippen LogP contribution in [0.4, 0.5) is 5.69 Å². The Balaban J connectivity index is 1.59. The van der Waals surface area contributed by atoms with Crippen LogP contribution in [0.15, 0.2) is 18.2 Å². The zero-order chi connectivity index (χ0) is 17.8. The van der Waals surface area contributed by atoms with Crippen LogP contribution in [0.5, 0.6) is 11.5 Å². The lowest BCUT2D eigenvalue weighted by Crippen LogP contribution is -2.46. The Kier molecular flexibility index (Phi) is 5.68. The standard InChI is InChI=1S/C19H29N3O3/c1-13-8-14(4-6-20-13)19(23)21-15-5-7-22(12-15)16-9-17(24-2)11-18(10-16)25-3/h9-11,13-15,20H,4-8,12H2,1-3H3,(H,21,23)/t13-,14-,15?/m0/s1. The van der Waals surface area contributed by atoms with Gasteiger partial charge >= 0.3 is 0 Å². The van der Waals surface area contributed by atoms with Crippen molar-refractivity contribution in [2.24, 2.45) is 5.92 Å². The highest BCUT2D eigenvalue weighted by Crippen LogP contribution is 2.30. The molecule has 2 saturated heterocycles. The van der Waals surface area contributed by atoms with Gasteiger partial charge in [-0.15, -0.1) is 0 Å². The van der Waals surface area contributed by atoms with Crippen LogP contribution in [0, 0.1) is 5.92 Å². The van der Waals surface area contributed by atoms with Crippen molar-refractivity contribution in [2.75, 3.05) is 38.8 Å². The van der Waals surface area contributed by atoms with Gasteiger partial charge in [0.25, 0.3) is 0 Å². The van der Waals surface area contributed by atoms with Gasteiger partial charge in [0.2, 0.25) is 5.91 Å². The van der Waals surface area contributed by atoms with Gasteiger partial charge in [0, 0.05) is 55.0 Å². The number of ether oxygens (including phenoxy) is 2. The Morgan fingerprint density at radius 1 is 1.20 bits per heavy atom. The number of hydrogen-bond acceptors (Lipinski definition) is 5. The first kappa shape index (κ1) is 17.9. The van der Waals surface area contributed by atoms with E-state index in [1.165, 1.54) is 0 Å². The molecule has 0 bridgehead atoms. The minimum Gasteiger partial charge on any atom is -0.497 e. The van der Waals surface area contributed by atoms with Gasteiger partial charge in [0.05, 0.1) is 14.2 Å². The monoisotopic (exact) mass is 347 g/mol. The minimum absolute atomic E-state index is 0.141. The van der Waals surface area contributed by atoms with Crippen LogP contribution in [0.3, 0.4) is 0 Å². The van der Waals surface area contributed by atoms with Crippen molar-refractivity contribution < 1.29 is 14.3 Å². The van der Waals surface area contributed by atoms with Gasteiger partial charge in [0.15, 0.2) is 0 Å². The lowest BCUT2D eigenvalue weighted by molar-refractivity contribution is -0.126. The van der Waals surface area contributed by atoms with E-state index in [0.29, 0.717) is 6.04 Å². The Morgan fingerprint density at radius 3 is 2.56 bits per heavy atom. The van der Waals surface area contributed by atoms with Gasteiger partial charge in [0.1, 0.15) is 11.5 Å². The largest absolute Gasteiger partial charge is 0.497 e. The number of amides is 1. The summed E-state index contributed by atoms with van der Waals surface area (Å²) in [4.78, 5) is 14.8. The fraction of sp³-hybridized carbons (Fsp3) is 0.632. The molecule has 3 atom stereocenters. The Hall–Kier alpha value is -1.95. The second kappa shape index (κ2) is 7.95. The highest BCUT2D eigenvalue weighted by molar-refractivity contribution is 5.79. The van der Waals surface area contributed by atoms with E-state index in [2.05, 4.69) is 22.5 Å². The van der Waals surface area contributed by atoms with E-state index in [4.69, 9.17) is 9.47 Å². The number of methoxy groups -OCH3 is 2. The van der Waals surface area contributed by atoms with Crippen LogP contribution in [0.2, 0.25) is 0 Å². The van der Waals surface area contributed by atoms with Crippen LogP contribution >= 0.6 is 0 Å². The number of carbonyl (C=O) groups excluding carboxylic acids is 1. The third-order valence-corrected chi connectivity index (χ3v) is 5.23. The maximum absolute atomic E-state index is 12.5. The predicted octanol–water partition coefficient (Wildman–Crippen LogP) is 1.79. The predicted molar refractivity (Wildman–Crippen MR) is 98.5 cm³/mol. The normalized spacial score (nSPS) is 26.4. The van der Waals surface area contributed by atoms with Crippen molar-refractivity contribution in [3.8, 4) is 11.5 Å². The summed E-state index contributed by atoms with van der Waals surface area (Å²) in [5.74, 6) is 1.92. The molecule has 0 saturated carbocycles. The molecule has 2 heterocycles. The van der Waals surface area contributed by atoms with Crippen molar-refractivity contribution in [1.82, 2.24) is 10.6 Å². The Labute approximate surface area is 149 Å². The molecule has 1 aromatic rings. The van der Waals surface area contributed by atoms with E-state index < -0.39 is 0 Å². The topological polar surface area (TPSA) is 62.8 Å². The second-order valence-electron chi connectivity index (χ2n) is 7.09. The molecule has 0 aromatic heterocycles. The molecule has 1 unspecified atom stereocenters. The van der Waals surface area contributed by atoms with Gasteiger partial charge in [-0.2, -0.15) is 0 Å². The van der Waals surface area contributed by atoms with E-state index in [9.17, 15) is 4.79 Å². The second-order valence-corrected chi connectivity index (χ2v) is 7.09. The van der Waals surface area contributed by atoms with E-state index in [1.54, 1.807) is 14.2 Å². The van der Waals surface area contributed by atoms with Crippen LogP contribution < -0.4 is 25.0 Å². The molecule has 0 aliphatic carbocycles. The smallest absolute Gasteiger partial charge is 0.223 e. The van der Waals surface area contributed by atoms with Crippen molar-refractivity contribution >= 4 is 11.6 Å². The minimum atomic E-state index is 0.141. The van der Waals surface area contributed by atoms with Gasteiger partial charge in [-0.05, 0) is 32.7 Å². The summed E-state index contributed by atoms with van der Waals surface area (Å²) in [5.41, 5.74) is 1.07. The molecule has 6 heteroatoms. The van der Waals surface area contributed by atoms with Gasteiger partial charge < -0.3 is 25.0 Å². The highest BCUT2D eigenvalue weighted by atomic mass is 16.5. The van der Waals surface area contributed by atoms with Crippen molar-refractivity contribution in [1.29, 1.82) is 0 Å². The summed E-state index contributed by atoms with van der Waals surface area (Å²) in [5, 5.41) is 6.65. The average Bonchev–Trinajstić information content (AvgIpc) is 3.09. The van der Waals surface area contributed by atoms with Crippen LogP contribution in [-0.2, 0) is 4.79 Å². The number of carbonyl (C=O) groups is 1. The first-order valence-electron chi connectivity index (χ1n) is 9.11. The summed E-state index contributed by atoms with van der Waals surface area (Å²) in [6, 6.07) is 6.53. The van der Waals surface area contributed by atoms with Crippen molar-refractivity contribution in [2.45, 2.75) is 38.3 Å². The zero-order valence-electron chi connectivity index (χ0n) is 15.4. The molecule has 2 fully saturated rings.